The van der Waals surface area contributed by atoms with Crippen LogP contribution in [-0.2, 0) is 4.79 Å². The molecule has 1 aliphatic heterocycles. The molecular weight excluding hydrogens is 404 g/mol. The third-order valence-corrected chi connectivity index (χ3v) is 6.55. The summed E-state index contributed by atoms with van der Waals surface area (Å²) in [6.45, 7) is 4.03. The van der Waals surface area contributed by atoms with Crippen LogP contribution in [0.15, 0.2) is 46.8 Å². The summed E-state index contributed by atoms with van der Waals surface area (Å²) in [7, 11) is 0. The van der Waals surface area contributed by atoms with Crippen LogP contribution >= 0.6 is 24.0 Å². The highest BCUT2D eigenvalue weighted by atomic mass is 32.2. The maximum Gasteiger partial charge on any atom is 0.267 e. The van der Waals surface area contributed by atoms with Crippen LogP contribution < -0.4 is 10.9 Å². The van der Waals surface area contributed by atoms with Crippen LogP contribution in [-0.4, -0.2) is 37.1 Å². The number of carbonyl (C=O) groups excluding carboxylic acids is 1. The van der Waals surface area contributed by atoms with Gasteiger partial charge in [0.15, 0.2) is 0 Å². The van der Waals surface area contributed by atoms with E-state index in [4.69, 9.17) is 17.2 Å². The zero-order chi connectivity index (χ0) is 20.4. The van der Waals surface area contributed by atoms with E-state index >= 15 is 0 Å². The van der Waals surface area contributed by atoms with Gasteiger partial charge in [0.25, 0.3) is 11.5 Å². The number of carbonyl (C=O) groups is 1. The Hall–Kier alpha value is -2.45. The molecule has 0 unspecified atom stereocenters. The van der Waals surface area contributed by atoms with Crippen LogP contribution in [0.2, 0.25) is 0 Å². The third-order valence-electron chi connectivity index (χ3n) is 5.18. The molecule has 150 valence electrons. The first-order valence-corrected chi connectivity index (χ1v) is 10.9. The summed E-state index contributed by atoms with van der Waals surface area (Å²) in [6, 6.07) is 5.73. The zero-order valence-corrected chi connectivity index (χ0v) is 17.6. The molecule has 3 heterocycles. The molecule has 2 aromatic rings. The largest absolute Gasteiger partial charge is 0.367 e. The van der Waals surface area contributed by atoms with Gasteiger partial charge in [0.1, 0.15) is 15.8 Å². The molecule has 8 heteroatoms. The molecule has 2 aliphatic rings. The predicted molar refractivity (Wildman–Crippen MR) is 122 cm³/mol. The van der Waals surface area contributed by atoms with Crippen LogP contribution in [0.25, 0.3) is 11.7 Å². The van der Waals surface area contributed by atoms with Crippen molar-refractivity contribution >= 4 is 51.7 Å². The SMILES string of the molecule is C=CCN1C(=O)C(=Cc2c(NC3CCCCC3)nc3ccccn3c2=O)SC1=S. The smallest absolute Gasteiger partial charge is 0.267 e. The minimum absolute atomic E-state index is 0.206. The van der Waals surface area contributed by atoms with Crippen molar-refractivity contribution in [2.45, 2.75) is 38.1 Å². The molecule has 0 bridgehead atoms. The van der Waals surface area contributed by atoms with Crippen LogP contribution in [0.4, 0.5) is 5.82 Å². The van der Waals surface area contributed by atoms with Gasteiger partial charge in [0, 0.05) is 18.8 Å². The number of nitrogens with one attached hydrogen (secondary N) is 1. The lowest BCUT2D eigenvalue weighted by atomic mass is 9.95. The molecule has 2 aromatic heterocycles. The Morgan fingerprint density at radius 1 is 1.28 bits per heavy atom. The second-order valence-corrected chi connectivity index (χ2v) is 8.84. The number of hydrogen-bond donors (Lipinski definition) is 1. The van der Waals surface area contributed by atoms with Gasteiger partial charge in [-0.2, -0.15) is 0 Å². The number of amides is 1. The Morgan fingerprint density at radius 2 is 2.07 bits per heavy atom. The van der Waals surface area contributed by atoms with Gasteiger partial charge in [-0.3, -0.25) is 18.9 Å². The summed E-state index contributed by atoms with van der Waals surface area (Å²) in [5, 5.41) is 3.47. The Labute approximate surface area is 178 Å². The van der Waals surface area contributed by atoms with Gasteiger partial charge >= 0.3 is 0 Å². The second-order valence-electron chi connectivity index (χ2n) is 7.17. The Kier molecular flexibility index (Phi) is 5.82. The highest BCUT2D eigenvalue weighted by molar-refractivity contribution is 8.26. The normalized spacial score (nSPS) is 19.3. The molecule has 29 heavy (non-hydrogen) atoms. The maximum absolute atomic E-state index is 13.2. The highest BCUT2D eigenvalue weighted by Crippen LogP contribution is 2.33. The van der Waals surface area contributed by atoms with Crippen LogP contribution in [0.1, 0.15) is 37.7 Å². The first kappa shape index (κ1) is 19.8. The molecule has 0 spiro atoms. The van der Waals surface area contributed by atoms with E-state index in [2.05, 4.69) is 11.9 Å². The number of hydrogen-bond acceptors (Lipinski definition) is 6. The average Bonchev–Trinajstić information content (AvgIpc) is 2.99. The summed E-state index contributed by atoms with van der Waals surface area (Å²) >= 11 is 6.52. The summed E-state index contributed by atoms with van der Waals surface area (Å²) in [5.74, 6) is 0.322. The number of rotatable bonds is 5. The monoisotopic (exact) mass is 426 g/mol. The quantitative estimate of drug-likeness (QED) is 0.445. The standard InChI is InChI=1S/C21H22N4O2S2/c1-2-11-25-20(27)16(29-21(25)28)13-15-18(22-14-8-4-3-5-9-14)23-17-10-6-7-12-24(17)19(15)26/h2,6-7,10,12-14,22H,1,3-5,8-9,11H2. The number of nitrogens with zero attached hydrogens (tertiary/aromatic N) is 3. The van der Waals surface area contributed by atoms with Crippen molar-refractivity contribution in [2.24, 2.45) is 0 Å². The molecule has 2 fully saturated rings. The van der Waals surface area contributed by atoms with Gasteiger partial charge in [0.2, 0.25) is 0 Å². The van der Waals surface area contributed by atoms with Crippen molar-refractivity contribution in [1.82, 2.24) is 14.3 Å². The molecule has 1 amide bonds. The number of thiocarbonyl (C=S) groups is 1. The number of anilines is 1. The summed E-state index contributed by atoms with van der Waals surface area (Å²) in [6.07, 6.45) is 10.6. The molecule has 0 aromatic carbocycles. The lowest BCUT2D eigenvalue weighted by molar-refractivity contribution is -0.121. The summed E-state index contributed by atoms with van der Waals surface area (Å²) in [4.78, 5) is 32.6. The van der Waals surface area contributed by atoms with Gasteiger partial charge in [-0.25, -0.2) is 4.98 Å². The highest BCUT2D eigenvalue weighted by Gasteiger charge is 2.32. The van der Waals surface area contributed by atoms with E-state index in [0.29, 0.717) is 32.8 Å². The van der Waals surface area contributed by atoms with Crippen molar-refractivity contribution < 1.29 is 4.79 Å². The fourth-order valence-corrected chi connectivity index (χ4v) is 4.96. The fourth-order valence-electron chi connectivity index (χ4n) is 3.70. The molecule has 1 N–H and O–H groups in total. The topological polar surface area (TPSA) is 66.7 Å². The number of aromatic nitrogens is 2. The van der Waals surface area contributed by atoms with Crippen LogP contribution in [0, 0.1) is 0 Å². The Bertz CT molecular complexity index is 1070. The van der Waals surface area contributed by atoms with E-state index in [1.807, 2.05) is 6.07 Å². The zero-order valence-electron chi connectivity index (χ0n) is 16.0. The van der Waals surface area contributed by atoms with Gasteiger partial charge in [-0.15, -0.1) is 6.58 Å². The van der Waals surface area contributed by atoms with Crippen LogP contribution in [0.3, 0.4) is 0 Å². The van der Waals surface area contributed by atoms with E-state index in [9.17, 15) is 9.59 Å². The van der Waals surface area contributed by atoms with E-state index < -0.39 is 0 Å². The van der Waals surface area contributed by atoms with E-state index in [-0.39, 0.29) is 17.5 Å². The van der Waals surface area contributed by atoms with Crippen molar-refractivity contribution in [1.29, 1.82) is 0 Å². The predicted octanol–water partition coefficient (Wildman–Crippen LogP) is 3.83. The average molecular weight is 427 g/mol. The van der Waals surface area contributed by atoms with E-state index in [1.165, 1.54) is 40.3 Å². The Morgan fingerprint density at radius 3 is 2.83 bits per heavy atom. The fraction of sp³-hybridized carbons (Fsp3) is 0.333. The van der Waals surface area contributed by atoms with Gasteiger partial charge < -0.3 is 5.32 Å². The molecule has 1 aliphatic carbocycles. The molecule has 0 atom stereocenters. The van der Waals surface area contributed by atoms with Gasteiger partial charge in [0.05, 0.1) is 10.5 Å². The Balaban J connectivity index is 1.79. The second kappa shape index (κ2) is 8.51. The lowest BCUT2D eigenvalue weighted by Crippen LogP contribution is -2.28. The van der Waals surface area contributed by atoms with Crippen molar-refractivity contribution in [3.05, 3.63) is 57.9 Å². The van der Waals surface area contributed by atoms with Crippen LogP contribution in [0.5, 0.6) is 0 Å². The first-order valence-electron chi connectivity index (χ1n) is 9.72. The molecule has 0 radical (unpaired) electrons. The number of pyridine rings is 1. The lowest BCUT2D eigenvalue weighted by Gasteiger charge is -2.24. The van der Waals surface area contributed by atoms with E-state index in [1.54, 1.807) is 30.5 Å². The molecule has 1 saturated carbocycles. The molecule has 1 saturated heterocycles. The van der Waals surface area contributed by atoms with E-state index in [0.717, 1.165) is 12.8 Å². The molecule has 4 rings (SSSR count). The minimum atomic E-state index is -0.207. The van der Waals surface area contributed by atoms with Crippen molar-refractivity contribution in [3.8, 4) is 0 Å². The van der Waals surface area contributed by atoms with Crippen molar-refractivity contribution in [3.63, 3.8) is 0 Å². The van der Waals surface area contributed by atoms with Gasteiger partial charge in [-0.05, 0) is 31.1 Å². The van der Waals surface area contributed by atoms with Gasteiger partial charge in [-0.1, -0.05) is 55.4 Å². The first-order chi connectivity index (χ1) is 14.1. The maximum atomic E-state index is 13.2. The third kappa shape index (κ3) is 4.00. The molecular formula is C21H22N4O2S2. The minimum Gasteiger partial charge on any atom is -0.367 e. The summed E-state index contributed by atoms with van der Waals surface area (Å²) in [5.41, 5.74) is 0.758. The molecule has 6 nitrogen and oxygen atoms in total. The van der Waals surface area contributed by atoms with Crippen molar-refractivity contribution in [2.75, 3.05) is 11.9 Å². The number of thioether (sulfide) groups is 1. The summed E-state index contributed by atoms with van der Waals surface area (Å²) < 4.78 is 1.97. The number of fused-ring (bicyclic) bond motifs is 1.